The van der Waals surface area contributed by atoms with Crippen molar-refractivity contribution in [2.24, 2.45) is 5.92 Å². The number of aromatic nitrogens is 4. The van der Waals surface area contributed by atoms with Gasteiger partial charge in [0.25, 0.3) is 0 Å². The van der Waals surface area contributed by atoms with Crippen molar-refractivity contribution < 1.29 is 4.39 Å². The van der Waals surface area contributed by atoms with E-state index in [4.69, 9.17) is 11.6 Å². The van der Waals surface area contributed by atoms with Crippen molar-refractivity contribution in [1.82, 2.24) is 25.3 Å². The molecule has 3 heterocycles. The number of pyridine rings is 1. The highest BCUT2D eigenvalue weighted by Gasteiger charge is 2.16. The van der Waals surface area contributed by atoms with E-state index in [0.29, 0.717) is 34.9 Å². The summed E-state index contributed by atoms with van der Waals surface area (Å²) < 4.78 is 16.3. The van der Waals surface area contributed by atoms with Gasteiger partial charge in [0.15, 0.2) is 0 Å². The van der Waals surface area contributed by atoms with E-state index in [-0.39, 0.29) is 5.02 Å². The van der Waals surface area contributed by atoms with Crippen LogP contribution in [-0.2, 0) is 13.1 Å². The number of halogens is 3. The summed E-state index contributed by atoms with van der Waals surface area (Å²) in [6.45, 7) is 3.44. The van der Waals surface area contributed by atoms with E-state index in [9.17, 15) is 9.65 Å². The minimum Gasteiger partial charge on any atom is -0.379 e. The monoisotopic (exact) mass is 568 g/mol. The largest absolute Gasteiger partial charge is 0.379 e. The van der Waals surface area contributed by atoms with E-state index in [1.165, 1.54) is 31.2 Å². The Morgan fingerprint density at radius 1 is 1.28 bits per heavy atom. The number of anilines is 3. The van der Waals surface area contributed by atoms with Crippen molar-refractivity contribution >= 4 is 55.5 Å². The number of nitriles is 1. The van der Waals surface area contributed by atoms with Crippen molar-refractivity contribution in [3.8, 4) is 6.07 Å². The highest BCUT2D eigenvalue weighted by molar-refractivity contribution is 9.10. The van der Waals surface area contributed by atoms with Crippen LogP contribution in [0.3, 0.4) is 0 Å². The van der Waals surface area contributed by atoms with Gasteiger partial charge >= 0.3 is 0 Å². The molecule has 0 aliphatic carbocycles. The first-order valence-corrected chi connectivity index (χ1v) is 12.8. The average molecular weight is 570 g/mol. The van der Waals surface area contributed by atoms with Crippen molar-refractivity contribution in [2.45, 2.75) is 25.9 Å². The Labute approximate surface area is 221 Å². The number of benzene rings is 2. The van der Waals surface area contributed by atoms with Crippen LogP contribution in [0.1, 0.15) is 24.1 Å². The van der Waals surface area contributed by atoms with Gasteiger partial charge in [0.05, 0.1) is 34.5 Å². The molecule has 1 unspecified atom stereocenters. The number of nitrogens with zero attached hydrogens (tertiary/aromatic N) is 5. The normalized spacial score (nSPS) is 15.6. The second kappa shape index (κ2) is 10.8. The molecule has 1 aliphatic heterocycles. The standard InChI is InChI=1S/C25H23BrClFN8/c26-21-7-18(31-12-19-14-36(35-34-19)13-15-2-1-5-30-10-15)6-20-24(16(9-29)11-32-25(20)21)33-17-3-4-23(28)22(27)8-17/h3-4,6-8,11,14-15,30-31H,1-2,5,10,12-13H2,(H,32,33). The minimum atomic E-state index is -0.510. The topological polar surface area (TPSA) is 103 Å². The van der Waals surface area contributed by atoms with Crippen LogP contribution in [0.25, 0.3) is 10.9 Å². The Hall–Kier alpha value is -3.26. The second-order valence-corrected chi connectivity index (χ2v) is 10.0. The quantitative estimate of drug-likeness (QED) is 0.266. The van der Waals surface area contributed by atoms with Crippen LogP contribution < -0.4 is 16.0 Å². The highest BCUT2D eigenvalue weighted by atomic mass is 79.9. The lowest BCUT2D eigenvalue weighted by atomic mass is 10.00. The van der Waals surface area contributed by atoms with Crippen LogP contribution in [0.2, 0.25) is 5.02 Å². The van der Waals surface area contributed by atoms with Gasteiger partial charge in [-0.3, -0.25) is 9.67 Å². The Bertz CT molecular complexity index is 1440. The van der Waals surface area contributed by atoms with E-state index in [1.54, 1.807) is 6.07 Å². The SMILES string of the molecule is N#Cc1cnc2c(Br)cc(NCc3cn(CC4CCCNC4)nn3)cc2c1Nc1ccc(F)c(Cl)c1. The van der Waals surface area contributed by atoms with Gasteiger partial charge < -0.3 is 16.0 Å². The highest BCUT2D eigenvalue weighted by Crippen LogP contribution is 2.35. The predicted molar refractivity (Wildman–Crippen MR) is 142 cm³/mol. The fraction of sp³-hybridized carbons (Fsp3) is 0.280. The molecule has 1 saturated heterocycles. The van der Waals surface area contributed by atoms with Crippen LogP contribution in [0.15, 0.2) is 47.2 Å². The van der Waals surface area contributed by atoms with E-state index in [0.717, 1.165) is 40.9 Å². The third-order valence-corrected chi connectivity index (χ3v) is 7.03. The van der Waals surface area contributed by atoms with E-state index < -0.39 is 5.82 Å². The molecule has 2 aromatic carbocycles. The Balaban J connectivity index is 1.38. The second-order valence-electron chi connectivity index (χ2n) is 8.76. The number of piperidine rings is 1. The number of fused-ring (bicyclic) bond motifs is 1. The van der Waals surface area contributed by atoms with Crippen LogP contribution >= 0.6 is 27.5 Å². The molecular formula is C25H23BrClFN8. The molecule has 3 N–H and O–H groups in total. The summed E-state index contributed by atoms with van der Waals surface area (Å²) in [7, 11) is 0. The number of hydrogen-bond acceptors (Lipinski definition) is 7. The van der Waals surface area contributed by atoms with Crippen molar-refractivity contribution in [1.29, 1.82) is 5.26 Å². The van der Waals surface area contributed by atoms with Crippen LogP contribution in [0, 0.1) is 23.1 Å². The third kappa shape index (κ3) is 5.43. The summed E-state index contributed by atoms with van der Waals surface area (Å²) in [4.78, 5) is 4.45. The van der Waals surface area contributed by atoms with Gasteiger partial charge in [-0.05, 0) is 78.1 Å². The van der Waals surface area contributed by atoms with Crippen LogP contribution in [-0.4, -0.2) is 33.1 Å². The Morgan fingerprint density at radius 3 is 2.94 bits per heavy atom. The molecule has 1 fully saturated rings. The molecule has 0 saturated carbocycles. The van der Waals surface area contributed by atoms with E-state index >= 15 is 0 Å². The predicted octanol–water partition coefficient (Wildman–Crippen LogP) is 5.61. The van der Waals surface area contributed by atoms with Gasteiger partial charge in [0.2, 0.25) is 0 Å². The molecule has 1 atom stereocenters. The molecule has 0 bridgehead atoms. The van der Waals surface area contributed by atoms with Crippen molar-refractivity contribution in [3.05, 3.63) is 69.3 Å². The average Bonchev–Trinajstić information content (AvgIpc) is 3.33. The summed E-state index contributed by atoms with van der Waals surface area (Å²) >= 11 is 9.55. The molecule has 11 heteroatoms. The van der Waals surface area contributed by atoms with Gasteiger partial charge in [0, 0.05) is 34.0 Å². The number of hydrogen-bond donors (Lipinski definition) is 3. The first-order valence-electron chi connectivity index (χ1n) is 11.6. The first-order chi connectivity index (χ1) is 17.5. The zero-order valence-corrected chi connectivity index (χ0v) is 21.6. The van der Waals surface area contributed by atoms with Gasteiger partial charge in [0.1, 0.15) is 17.6 Å². The zero-order valence-electron chi connectivity index (χ0n) is 19.2. The zero-order chi connectivity index (χ0) is 25.1. The molecule has 1 aliphatic rings. The molecule has 0 amide bonds. The molecule has 4 aromatic rings. The summed E-state index contributed by atoms with van der Waals surface area (Å²) in [5.41, 5.74) is 3.80. The third-order valence-electron chi connectivity index (χ3n) is 6.14. The summed E-state index contributed by atoms with van der Waals surface area (Å²) in [5.74, 6) is 0.0605. The Morgan fingerprint density at radius 2 is 2.17 bits per heavy atom. The maximum Gasteiger partial charge on any atom is 0.141 e. The van der Waals surface area contributed by atoms with Gasteiger partial charge in [-0.2, -0.15) is 5.26 Å². The molecule has 5 rings (SSSR count). The lowest BCUT2D eigenvalue weighted by Gasteiger charge is -2.22. The molecule has 0 spiro atoms. The maximum atomic E-state index is 13.6. The van der Waals surface area contributed by atoms with Gasteiger partial charge in [-0.15, -0.1) is 5.10 Å². The molecule has 0 radical (unpaired) electrons. The van der Waals surface area contributed by atoms with Gasteiger partial charge in [-0.1, -0.05) is 16.8 Å². The van der Waals surface area contributed by atoms with E-state index in [1.807, 2.05) is 23.0 Å². The molecule has 36 heavy (non-hydrogen) atoms. The fourth-order valence-corrected chi connectivity index (χ4v) is 5.09. The summed E-state index contributed by atoms with van der Waals surface area (Å²) in [6, 6.07) is 10.3. The molecular weight excluding hydrogens is 547 g/mol. The summed E-state index contributed by atoms with van der Waals surface area (Å²) in [6.07, 6.45) is 5.87. The lowest BCUT2D eigenvalue weighted by molar-refractivity contribution is 0.322. The number of nitrogens with one attached hydrogen (secondary N) is 3. The van der Waals surface area contributed by atoms with Crippen molar-refractivity contribution in [3.63, 3.8) is 0 Å². The van der Waals surface area contributed by atoms with Crippen LogP contribution in [0.5, 0.6) is 0 Å². The smallest absolute Gasteiger partial charge is 0.141 e. The Kier molecular flexibility index (Phi) is 7.32. The lowest BCUT2D eigenvalue weighted by Crippen LogP contribution is -2.32. The minimum absolute atomic E-state index is 0.00629. The molecule has 8 nitrogen and oxygen atoms in total. The van der Waals surface area contributed by atoms with Crippen LogP contribution in [0.4, 0.5) is 21.5 Å². The first kappa shape index (κ1) is 24.4. The van der Waals surface area contributed by atoms with Crippen molar-refractivity contribution in [2.75, 3.05) is 23.7 Å². The molecule has 184 valence electrons. The fourth-order valence-electron chi connectivity index (χ4n) is 4.35. The maximum absolute atomic E-state index is 13.6. The van der Waals surface area contributed by atoms with E-state index in [2.05, 4.69) is 53.2 Å². The van der Waals surface area contributed by atoms with Gasteiger partial charge in [-0.25, -0.2) is 4.39 Å². The number of rotatable bonds is 7. The molecule has 2 aromatic heterocycles. The summed E-state index contributed by atoms with van der Waals surface area (Å²) in [5, 5.41) is 29.0.